The van der Waals surface area contributed by atoms with Crippen molar-refractivity contribution >= 4 is 18.0 Å². The minimum absolute atomic E-state index is 0.187. The van der Waals surface area contributed by atoms with E-state index in [1.54, 1.807) is 27.7 Å². The van der Waals surface area contributed by atoms with Gasteiger partial charge in [-0.3, -0.25) is 15.2 Å². The summed E-state index contributed by atoms with van der Waals surface area (Å²) in [5.74, 6) is 0.282. The Labute approximate surface area is 143 Å². The Hall–Kier alpha value is -2.25. The standard InChI is InChI=1S/C16H28N4O4/c1-8-23-13(21)19-12(18-7)10-9-20(16(5,6)11(10)17)14(22)24-15(2,3)4/h8-9,17H2,1-7H3,(H,18,19,21). The Bertz CT molecular complexity index is 573. The van der Waals surface area contributed by atoms with Gasteiger partial charge in [-0.2, -0.15) is 0 Å². The SMILES string of the molecule is CCOC(=O)NC(=NC)C1=C(N)C(C)(C)N(C(=O)OC(C)(C)C)C1. The van der Waals surface area contributed by atoms with Crippen molar-refractivity contribution in [3.05, 3.63) is 11.3 Å². The Morgan fingerprint density at radius 3 is 2.42 bits per heavy atom. The van der Waals surface area contributed by atoms with E-state index in [-0.39, 0.29) is 19.0 Å². The lowest BCUT2D eigenvalue weighted by Crippen LogP contribution is -2.48. The van der Waals surface area contributed by atoms with Gasteiger partial charge in [0.1, 0.15) is 11.4 Å². The summed E-state index contributed by atoms with van der Waals surface area (Å²) in [6.45, 7) is 11.2. The van der Waals surface area contributed by atoms with Crippen molar-refractivity contribution in [2.75, 3.05) is 20.2 Å². The quantitative estimate of drug-likeness (QED) is 0.591. The highest BCUT2D eigenvalue weighted by atomic mass is 16.6. The average molecular weight is 340 g/mol. The van der Waals surface area contributed by atoms with E-state index in [9.17, 15) is 9.59 Å². The molecule has 2 amide bonds. The molecule has 0 saturated heterocycles. The van der Waals surface area contributed by atoms with Gasteiger partial charge in [0.2, 0.25) is 0 Å². The van der Waals surface area contributed by atoms with Crippen molar-refractivity contribution in [1.29, 1.82) is 0 Å². The molecule has 0 atom stereocenters. The van der Waals surface area contributed by atoms with Gasteiger partial charge in [0.05, 0.1) is 18.7 Å². The summed E-state index contributed by atoms with van der Waals surface area (Å²) in [7, 11) is 1.53. The summed E-state index contributed by atoms with van der Waals surface area (Å²) in [4.78, 5) is 29.7. The molecule has 0 unspecified atom stereocenters. The van der Waals surface area contributed by atoms with Gasteiger partial charge in [0.25, 0.3) is 0 Å². The first-order valence-electron chi connectivity index (χ1n) is 7.84. The number of nitrogens with two attached hydrogens (primary N) is 1. The van der Waals surface area contributed by atoms with Gasteiger partial charge in [0, 0.05) is 18.3 Å². The van der Waals surface area contributed by atoms with Crippen LogP contribution in [-0.4, -0.2) is 54.3 Å². The predicted octanol–water partition coefficient (Wildman–Crippen LogP) is 2.00. The zero-order valence-corrected chi connectivity index (χ0v) is 15.5. The summed E-state index contributed by atoms with van der Waals surface area (Å²) in [5, 5.41) is 2.56. The molecule has 0 spiro atoms. The molecule has 0 fully saturated rings. The van der Waals surface area contributed by atoms with Crippen molar-refractivity contribution in [1.82, 2.24) is 10.2 Å². The van der Waals surface area contributed by atoms with Crippen molar-refractivity contribution < 1.29 is 19.1 Å². The second-order valence-corrected chi connectivity index (χ2v) is 6.94. The summed E-state index contributed by atoms with van der Waals surface area (Å²) in [5.41, 5.74) is 5.88. The lowest BCUT2D eigenvalue weighted by molar-refractivity contribution is 0.0151. The molecule has 0 aromatic heterocycles. The third kappa shape index (κ3) is 4.39. The molecule has 24 heavy (non-hydrogen) atoms. The van der Waals surface area contributed by atoms with E-state index >= 15 is 0 Å². The number of hydrogen-bond donors (Lipinski definition) is 2. The number of amides is 2. The van der Waals surface area contributed by atoms with Crippen LogP contribution >= 0.6 is 0 Å². The first kappa shape index (κ1) is 19.8. The largest absolute Gasteiger partial charge is 0.450 e. The Kier molecular flexibility index (Phi) is 5.86. The fourth-order valence-corrected chi connectivity index (χ4v) is 2.30. The summed E-state index contributed by atoms with van der Waals surface area (Å²) in [6.07, 6.45) is -1.09. The number of aliphatic imine (C=N–C) groups is 1. The van der Waals surface area contributed by atoms with E-state index in [2.05, 4.69) is 10.3 Å². The van der Waals surface area contributed by atoms with Gasteiger partial charge in [-0.25, -0.2) is 9.59 Å². The van der Waals surface area contributed by atoms with Gasteiger partial charge in [-0.15, -0.1) is 0 Å². The molecule has 0 aromatic carbocycles. The number of carbonyl (C=O) groups excluding carboxylic acids is 2. The first-order chi connectivity index (χ1) is 10.9. The number of rotatable bonds is 2. The average Bonchev–Trinajstić information content (AvgIpc) is 2.66. The normalized spacial score (nSPS) is 17.8. The zero-order valence-electron chi connectivity index (χ0n) is 15.5. The maximum absolute atomic E-state index is 12.5. The van der Waals surface area contributed by atoms with Gasteiger partial charge in [-0.05, 0) is 41.5 Å². The Balaban J connectivity index is 3.04. The molecule has 0 aromatic rings. The number of hydrogen-bond acceptors (Lipinski definition) is 6. The van der Waals surface area contributed by atoms with Crippen LogP contribution in [0.2, 0.25) is 0 Å². The number of alkyl carbamates (subject to hydrolysis) is 1. The molecular weight excluding hydrogens is 312 g/mol. The Morgan fingerprint density at radius 1 is 1.38 bits per heavy atom. The van der Waals surface area contributed by atoms with Crippen molar-refractivity contribution in [2.24, 2.45) is 10.7 Å². The van der Waals surface area contributed by atoms with Gasteiger partial charge in [-0.1, -0.05) is 0 Å². The monoisotopic (exact) mass is 340 g/mol. The van der Waals surface area contributed by atoms with Crippen molar-refractivity contribution in [2.45, 2.75) is 52.7 Å². The molecule has 1 aliphatic rings. The molecule has 1 aliphatic heterocycles. The maximum Gasteiger partial charge on any atom is 0.412 e. The van der Waals surface area contributed by atoms with Crippen molar-refractivity contribution in [3.63, 3.8) is 0 Å². The first-order valence-corrected chi connectivity index (χ1v) is 7.84. The van der Waals surface area contributed by atoms with Crippen LogP contribution in [0.25, 0.3) is 0 Å². The van der Waals surface area contributed by atoms with E-state index < -0.39 is 23.3 Å². The molecule has 8 heteroatoms. The number of nitrogens with one attached hydrogen (secondary N) is 1. The lowest BCUT2D eigenvalue weighted by Gasteiger charge is -2.34. The molecule has 1 heterocycles. The fraction of sp³-hybridized carbons (Fsp3) is 0.688. The van der Waals surface area contributed by atoms with Crippen LogP contribution in [0.1, 0.15) is 41.5 Å². The van der Waals surface area contributed by atoms with Crippen LogP contribution in [0.5, 0.6) is 0 Å². The number of nitrogens with zero attached hydrogens (tertiary/aromatic N) is 2. The highest BCUT2D eigenvalue weighted by Crippen LogP contribution is 2.32. The summed E-state index contributed by atoms with van der Waals surface area (Å²) >= 11 is 0. The number of amidine groups is 1. The molecular formula is C16H28N4O4. The van der Waals surface area contributed by atoms with Gasteiger partial charge >= 0.3 is 12.2 Å². The van der Waals surface area contributed by atoms with E-state index in [1.807, 2.05) is 13.8 Å². The molecule has 3 N–H and O–H groups in total. The highest BCUT2D eigenvalue weighted by Gasteiger charge is 2.44. The van der Waals surface area contributed by atoms with E-state index in [0.717, 1.165) is 0 Å². The molecule has 0 aliphatic carbocycles. The minimum atomic E-state index is -0.760. The van der Waals surface area contributed by atoms with E-state index in [4.69, 9.17) is 15.2 Å². The van der Waals surface area contributed by atoms with E-state index in [0.29, 0.717) is 11.3 Å². The molecule has 0 radical (unpaired) electrons. The van der Waals surface area contributed by atoms with Crippen LogP contribution < -0.4 is 11.1 Å². The summed E-state index contributed by atoms with van der Waals surface area (Å²) in [6, 6.07) is 0. The van der Waals surface area contributed by atoms with Crippen LogP contribution in [0, 0.1) is 0 Å². The zero-order chi connectivity index (χ0) is 18.7. The Morgan fingerprint density at radius 2 is 1.96 bits per heavy atom. The highest BCUT2D eigenvalue weighted by molar-refractivity contribution is 6.07. The topological polar surface area (TPSA) is 106 Å². The number of ether oxygens (including phenoxy) is 2. The maximum atomic E-state index is 12.5. The number of carbonyl (C=O) groups is 2. The predicted molar refractivity (Wildman–Crippen MR) is 91.7 cm³/mol. The second-order valence-electron chi connectivity index (χ2n) is 6.94. The van der Waals surface area contributed by atoms with Crippen LogP contribution in [0.4, 0.5) is 9.59 Å². The molecule has 8 nitrogen and oxygen atoms in total. The lowest BCUT2D eigenvalue weighted by atomic mass is 10.0. The van der Waals surface area contributed by atoms with E-state index in [1.165, 1.54) is 11.9 Å². The van der Waals surface area contributed by atoms with Crippen molar-refractivity contribution in [3.8, 4) is 0 Å². The van der Waals surface area contributed by atoms with Crippen LogP contribution in [0.15, 0.2) is 16.3 Å². The minimum Gasteiger partial charge on any atom is -0.450 e. The molecule has 0 saturated carbocycles. The molecule has 136 valence electrons. The second kappa shape index (κ2) is 7.11. The smallest absolute Gasteiger partial charge is 0.412 e. The fourth-order valence-electron chi connectivity index (χ4n) is 2.30. The van der Waals surface area contributed by atoms with Gasteiger partial charge in [0.15, 0.2) is 0 Å². The molecule has 1 rings (SSSR count). The van der Waals surface area contributed by atoms with Gasteiger partial charge < -0.3 is 15.2 Å². The third-order valence-corrected chi connectivity index (χ3v) is 3.59. The third-order valence-electron chi connectivity index (χ3n) is 3.59. The van der Waals surface area contributed by atoms with Crippen LogP contribution in [-0.2, 0) is 9.47 Å². The molecule has 0 bridgehead atoms. The van der Waals surface area contributed by atoms with Crippen LogP contribution in [0.3, 0.4) is 0 Å². The summed E-state index contributed by atoms with van der Waals surface area (Å²) < 4.78 is 10.3.